The predicted molar refractivity (Wildman–Crippen MR) is 94.9 cm³/mol. The van der Waals surface area contributed by atoms with E-state index < -0.39 is 0 Å². The van der Waals surface area contributed by atoms with Crippen molar-refractivity contribution in [1.82, 2.24) is 10.2 Å². The Hall–Kier alpha value is -1.16. The maximum atomic E-state index is 4.02. The minimum absolute atomic E-state index is 0.510. The Kier molecular flexibility index (Phi) is 5.57. The molecule has 0 aliphatic heterocycles. The average molecular weight is 302 g/mol. The second kappa shape index (κ2) is 7.21. The molecule has 0 aliphatic carbocycles. The second-order valence-electron chi connectivity index (χ2n) is 6.16. The number of hydrogen-bond donors (Lipinski definition) is 1. The molecule has 2 aromatic rings. The normalized spacial score (nSPS) is 11.7. The van der Waals surface area contributed by atoms with Crippen molar-refractivity contribution < 1.29 is 0 Å². The third kappa shape index (κ3) is 4.40. The first-order valence-corrected chi connectivity index (χ1v) is 8.34. The van der Waals surface area contributed by atoms with Gasteiger partial charge < -0.3 is 5.32 Å². The molecular formula is C18H26N2S. The highest BCUT2D eigenvalue weighted by Gasteiger charge is 2.13. The minimum atomic E-state index is 0.510. The SMILES string of the molecule is C=C(C)CN(C)Cc1c(CNC(C)C)sc2ccccc12. The zero-order valence-corrected chi connectivity index (χ0v) is 14.4. The van der Waals surface area contributed by atoms with Crippen LogP contribution >= 0.6 is 11.3 Å². The third-order valence-electron chi connectivity index (χ3n) is 3.42. The quantitative estimate of drug-likeness (QED) is 0.762. The van der Waals surface area contributed by atoms with Crippen LogP contribution in [0.1, 0.15) is 31.2 Å². The van der Waals surface area contributed by atoms with Gasteiger partial charge in [-0.3, -0.25) is 4.90 Å². The van der Waals surface area contributed by atoms with E-state index in [0.717, 1.165) is 19.6 Å². The lowest BCUT2D eigenvalue weighted by molar-refractivity contribution is 0.356. The molecule has 3 heteroatoms. The van der Waals surface area contributed by atoms with Crippen molar-refractivity contribution in [3.05, 3.63) is 46.9 Å². The fourth-order valence-electron chi connectivity index (χ4n) is 2.55. The number of nitrogens with zero attached hydrogens (tertiary/aromatic N) is 1. The van der Waals surface area contributed by atoms with Crippen molar-refractivity contribution in [2.24, 2.45) is 0 Å². The van der Waals surface area contributed by atoms with E-state index in [1.54, 1.807) is 0 Å². The Balaban J connectivity index is 2.28. The molecule has 21 heavy (non-hydrogen) atoms. The highest BCUT2D eigenvalue weighted by atomic mass is 32.1. The van der Waals surface area contributed by atoms with Crippen LogP contribution < -0.4 is 5.32 Å². The van der Waals surface area contributed by atoms with E-state index >= 15 is 0 Å². The number of hydrogen-bond acceptors (Lipinski definition) is 3. The van der Waals surface area contributed by atoms with Gasteiger partial charge in [0.2, 0.25) is 0 Å². The number of fused-ring (bicyclic) bond motifs is 1. The summed E-state index contributed by atoms with van der Waals surface area (Å²) in [5, 5.41) is 4.95. The fourth-order valence-corrected chi connectivity index (χ4v) is 3.72. The fraction of sp³-hybridized carbons (Fsp3) is 0.444. The molecule has 0 bridgehead atoms. The number of nitrogens with one attached hydrogen (secondary N) is 1. The summed E-state index contributed by atoms with van der Waals surface area (Å²) < 4.78 is 1.39. The maximum Gasteiger partial charge on any atom is 0.0349 e. The van der Waals surface area contributed by atoms with E-state index in [1.165, 1.54) is 26.1 Å². The standard InChI is InChI=1S/C18H26N2S/c1-13(2)11-20(5)12-16-15-8-6-7-9-17(15)21-18(16)10-19-14(3)4/h6-9,14,19H,1,10-12H2,2-5H3. The van der Waals surface area contributed by atoms with Crippen molar-refractivity contribution in [1.29, 1.82) is 0 Å². The summed E-state index contributed by atoms with van der Waals surface area (Å²) in [6.07, 6.45) is 0. The third-order valence-corrected chi connectivity index (χ3v) is 4.63. The zero-order chi connectivity index (χ0) is 15.4. The van der Waals surface area contributed by atoms with Crippen LogP contribution in [0.15, 0.2) is 36.4 Å². The molecule has 0 fully saturated rings. The van der Waals surface area contributed by atoms with Gasteiger partial charge >= 0.3 is 0 Å². The molecule has 1 N–H and O–H groups in total. The van der Waals surface area contributed by atoms with Gasteiger partial charge in [-0.05, 0) is 31.0 Å². The molecule has 114 valence electrons. The largest absolute Gasteiger partial charge is 0.310 e. The summed E-state index contributed by atoms with van der Waals surface area (Å²) in [5.74, 6) is 0. The monoisotopic (exact) mass is 302 g/mol. The van der Waals surface area contributed by atoms with Crippen molar-refractivity contribution >= 4 is 21.4 Å². The summed E-state index contributed by atoms with van der Waals surface area (Å²) >= 11 is 1.92. The number of likely N-dealkylation sites (N-methyl/N-ethyl adjacent to an activating group) is 1. The Morgan fingerprint density at radius 1 is 1.33 bits per heavy atom. The number of benzene rings is 1. The van der Waals surface area contributed by atoms with Crippen LogP contribution in [-0.4, -0.2) is 24.5 Å². The molecule has 1 aromatic heterocycles. The summed E-state index contributed by atoms with van der Waals surface area (Å²) in [6.45, 7) is 13.4. The Morgan fingerprint density at radius 2 is 2.05 bits per heavy atom. The van der Waals surface area contributed by atoms with E-state index in [1.807, 2.05) is 11.3 Å². The molecule has 0 saturated heterocycles. The van der Waals surface area contributed by atoms with E-state index in [4.69, 9.17) is 0 Å². The molecule has 1 heterocycles. The molecule has 0 saturated carbocycles. The van der Waals surface area contributed by atoms with Gasteiger partial charge in [0.05, 0.1) is 0 Å². The summed E-state index contributed by atoms with van der Waals surface area (Å²) in [5.41, 5.74) is 2.67. The Labute approximate surface area is 132 Å². The molecule has 1 aromatic carbocycles. The van der Waals surface area contributed by atoms with E-state index in [9.17, 15) is 0 Å². The molecule has 0 amide bonds. The molecule has 0 spiro atoms. The van der Waals surface area contributed by atoms with Crippen molar-refractivity contribution in [3.63, 3.8) is 0 Å². The summed E-state index contributed by atoms with van der Waals surface area (Å²) in [4.78, 5) is 3.80. The first kappa shape index (κ1) is 16.2. The molecular weight excluding hydrogens is 276 g/mol. The molecule has 0 unspecified atom stereocenters. The van der Waals surface area contributed by atoms with E-state index in [0.29, 0.717) is 6.04 Å². The highest BCUT2D eigenvalue weighted by Crippen LogP contribution is 2.32. The van der Waals surface area contributed by atoms with Crippen LogP contribution in [0, 0.1) is 0 Å². The molecule has 0 atom stereocenters. The van der Waals surface area contributed by atoms with Gasteiger partial charge in [-0.25, -0.2) is 0 Å². The van der Waals surface area contributed by atoms with Gasteiger partial charge in [0.15, 0.2) is 0 Å². The van der Waals surface area contributed by atoms with Crippen LogP contribution in [0.3, 0.4) is 0 Å². The molecule has 2 nitrogen and oxygen atoms in total. The van der Waals surface area contributed by atoms with Crippen LogP contribution in [0.5, 0.6) is 0 Å². The van der Waals surface area contributed by atoms with Crippen LogP contribution in [0.4, 0.5) is 0 Å². The molecule has 2 rings (SSSR count). The lowest BCUT2D eigenvalue weighted by atomic mass is 10.1. The number of rotatable bonds is 7. The van der Waals surface area contributed by atoms with Crippen LogP contribution in [0.25, 0.3) is 10.1 Å². The van der Waals surface area contributed by atoms with Gasteiger partial charge in [-0.2, -0.15) is 0 Å². The van der Waals surface area contributed by atoms with E-state index in [-0.39, 0.29) is 0 Å². The van der Waals surface area contributed by atoms with E-state index in [2.05, 4.69) is 68.9 Å². The lowest BCUT2D eigenvalue weighted by Crippen LogP contribution is -2.23. The van der Waals surface area contributed by atoms with Crippen molar-refractivity contribution in [3.8, 4) is 0 Å². The topological polar surface area (TPSA) is 15.3 Å². The predicted octanol–water partition coefficient (Wildman–Crippen LogP) is 4.41. The summed E-state index contributed by atoms with van der Waals surface area (Å²) in [6, 6.07) is 9.24. The minimum Gasteiger partial charge on any atom is -0.310 e. The Morgan fingerprint density at radius 3 is 2.71 bits per heavy atom. The highest BCUT2D eigenvalue weighted by molar-refractivity contribution is 7.19. The molecule has 0 radical (unpaired) electrons. The average Bonchev–Trinajstić information content (AvgIpc) is 2.74. The first-order valence-electron chi connectivity index (χ1n) is 7.53. The van der Waals surface area contributed by atoms with Crippen molar-refractivity contribution in [2.75, 3.05) is 13.6 Å². The maximum absolute atomic E-state index is 4.02. The smallest absolute Gasteiger partial charge is 0.0349 e. The van der Waals surface area contributed by atoms with Gasteiger partial charge in [0.25, 0.3) is 0 Å². The second-order valence-corrected chi connectivity index (χ2v) is 7.30. The first-order chi connectivity index (χ1) is 9.97. The van der Waals surface area contributed by atoms with Gasteiger partial charge in [0, 0.05) is 35.3 Å². The number of thiophene rings is 1. The zero-order valence-electron chi connectivity index (χ0n) is 13.6. The molecule has 0 aliphatic rings. The Bertz CT molecular complexity index is 613. The van der Waals surface area contributed by atoms with Gasteiger partial charge in [-0.15, -0.1) is 11.3 Å². The summed E-state index contributed by atoms with van der Waals surface area (Å²) in [7, 11) is 2.17. The van der Waals surface area contributed by atoms with Gasteiger partial charge in [0.1, 0.15) is 0 Å². The van der Waals surface area contributed by atoms with Gasteiger partial charge in [-0.1, -0.05) is 44.2 Å². The lowest BCUT2D eigenvalue weighted by Gasteiger charge is -2.18. The van der Waals surface area contributed by atoms with Crippen molar-refractivity contribution in [2.45, 2.75) is 39.9 Å². The van der Waals surface area contributed by atoms with Crippen LogP contribution in [0.2, 0.25) is 0 Å². The van der Waals surface area contributed by atoms with Crippen LogP contribution in [-0.2, 0) is 13.1 Å².